The number of halogens is 1. The first-order valence-electron chi connectivity index (χ1n) is 7.87. The van der Waals surface area contributed by atoms with Gasteiger partial charge in [-0.1, -0.05) is 12.1 Å². The summed E-state index contributed by atoms with van der Waals surface area (Å²) in [6.45, 7) is 4.88. The Kier molecular flexibility index (Phi) is 8.99. The summed E-state index contributed by atoms with van der Waals surface area (Å²) >= 11 is 0. The fourth-order valence-electron chi connectivity index (χ4n) is 2.15. The van der Waals surface area contributed by atoms with Gasteiger partial charge in [0.15, 0.2) is 0 Å². The van der Waals surface area contributed by atoms with Crippen LogP contribution in [0.4, 0.5) is 0 Å². The normalized spacial score (nSPS) is 13.3. The van der Waals surface area contributed by atoms with Crippen LogP contribution >= 0.6 is 12.4 Å². The number of hydrogen-bond acceptors (Lipinski definition) is 4. The van der Waals surface area contributed by atoms with E-state index in [9.17, 15) is 4.79 Å². The Morgan fingerprint density at radius 3 is 2.78 bits per heavy atom. The van der Waals surface area contributed by atoms with Gasteiger partial charge in [0.1, 0.15) is 12.4 Å². The number of methoxy groups -OCH3 is 1. The maximum Gasteiger partial charge on any atom is 0.234 e. The molecule has 0 bridgehead atoms. The van der Waals surface area contributed by atoms with Gasteiger partial charge in [0.25, 0.3) is 0 Å². The molecule has 130 valence electrons. The van der Waals surface area contributed by atoms with Crippen molar-refractivity contribution in [1.29, 1.82) is 0 Å². The number of amides is 1. The Morgan fingerprint density at radius 2 is 2.09 bits per heavy atom. The standard InChI is InChI=1S/C17H26N2O3.ClH/c1-13-3-6-15(16(9-13)22-8-7-21-2)11-19-17(20)12-18-10-14-4-5-14;/h3,6,9,14,18H,4-5,7-8,10-12H2,1-2H3,(H,19,20);1H. The predicted molar refractivity (Wildman–Crippen MR) is 93.2 cm³/mol. The third-order valence-corrected chi connectivity index (χ3v) is 3.66. The van der Waals surface area contributed by atoms with Crippen LogP contribution in [-0.4, -0.2) is 39.3 Å². The number of carbonyl (C=O) groups is 1. The van der Waals surface area contributed by atoms with E-state index >= 15 is 0 Å². The first kappa shape index (κ1) is 19.7. The molecule has 0 spiro atoms. The summed E-state index contributed by atoms with van der Waals surface area (Å²) in [6.07, 6.45) is 2.58. The minimum absolute atomic E-state index is 0. The number of benzene rings is 1. The second-order valence-electron chi connectivity index (χ2n) is 5.80. The van der Waals surface area contributed by atoms with E-state index < -0.39 is 0 Å². The Hall–Kier alpha value is -1.30. The van der Waals surface area contributed by atoms with Gasteiger partial charge in [0, 0.05) is 19.2 Å². The maximum atomic E-state index is 11.8. The van der Waals surface area contributed by atoms with Crippen molar-refractivity contribution in [1.82, 2.24) is 10.6 Å². The molecule has 0 unspecified atom stereocenters. The molecule has 1 saturated carbocycles. The summed E-state index contributed by atoms with van der Waals surface area (Å²) in [6, 6.07) is 6.01. The fourth-order valence-corrected chi connectivity index (χ4v) is 2.15. The van der Waals surface area contributed by atoms with Crippen molar-refractivity contribution in [2.24, 2.45) is 5.92 Å². The summed E-state index contributed by atoms with van der Waals surface area (Å²) < 4.78 is 10.7. The minimum atomic E-state index is 0. The molecule has 2 N–H and O–H groups in total. The Labute approximate surface area is 144 Å². The molecular weight excluding hydrogens is 316 g/mol. The minimum Gasteiger partial charge on any atom is -0.491 e. The van der Waals surface area contributed by atoms with Crippen LogP contribution in [0.5, 0.6) is 5.75 Å². The summed E-state index contributed by atoms with van der Waals surface area (Å²) in [5.41, 5.74) is 2.12. The molecule has 0 radical (unpaired) electrons. The average molecular weight is 343 g/mol. The van der Waals surface area contributed by atoms with E-state index in [4.69, 9.17) is 9.47 Å². The first-order valence-corrected chi connectivity index (χ1v) is 7.87. The summed E-state index contributed by atoms with van der Waals surface area (Å²) in [5.74, 6) is 1.61. The quantitative estimate of drug-likeness (QED) is 0.639. The van der Waals surface area contributed by atoms with Crippen molar-refractivity contribution in [3.05, 3.63) is 29.3 Å². The van der Waals surface area contributed by atoms with Crippen LogP contribution in [0.15, 0.2) is 18.2 Å². The highest BCUT2D eigenvalue weighted by Gasteiger charge is 2.20. The van der Waals surface area contributed by atoms with Crippen LogP contribution in [0, 0.1) is 12.8 Å². The highest BCUT2D eigenvalue weighted by Crippen LogP contribution is 2.27. The highest BCUT2D eigenvalue weighted by molar-refractivity contribution is 5.85. The molecule has 1 amide bonds. The number of ether oxygens (including phenoxy) is 2. The third-order valence-electron chi connectivity index (χ3n) is 3.66. The van der Waals surface area contributed by atoms with Crippen LogP contribution in [0.3, 0.4) is 0 Å². The van der Waals surface area contributed by atoms with E-state index in [2.05, 4.69) is 10.6 Å². The van der Waals surface area contributed by atoms with Crippen molar-refractivity contribution in [2.45, 2.75) is 26.3 Å². The lowest BCUT2D eigenvalue weighted by atomic mass is 10.1. The topological polar surface area (TPSA) is 59.6 Å². The molecule has 23 heavy (non-hydrogen) atoms. The van der Waals surface area contributed by atoms with Gasteiger partial charge in [-0.15, -0.1) is 12.4 Å². The Balaban J connectivity index is 0.00000264. The van der Waals surface area contributed by atoms with Crippen LogP contribution in [0.2, 0.25) is 0 Å². The van der Waals surface area contributed by atoms with E-state index in [-0.39, 0.29) is 18.3 Å². The molecular formula is C17H27ClN2O3. The number of hydrogen-bond donors (Lipinski definition) is 2. The molecule has 5 nitrogen and oxygen atoms in total. The van der Waals surface area contributed by atoms with Gasteiger partial charge in [-0.05, 0) is 43.9 Å². The van der Waals surface area contributed by atoms with Crippen molar-refractivity contribution in [3.63, 3.8) is 0 Å². The number of carbonyl (C=O) groups excluding carboxylic acids is 1. The van der Waals surface area contributed by atoms with Gasteiger partial charge in [-0.2, -0.15) is 0 Å². The largest absolute Gasteiger partial charge is 0.491 e. The van der Waals surface area contributed by atoms with E-state index in [1.165, 1.54) is 12.8 Å². The van der Waals surface area contributed by atoms with Crippen LogP contribution in [0.1, 0.15) is 24.0 Å². The monoisotopic (exact) mass is 342 g/mol. The Morgan fingerprint density at radius 1 is 1.30 bits per heavy atom. The number of rotatable bonds is 10. The number of nitrogens with one attached hydrogen (secondary N) is 2. The van der Waals surface area contributed by atoms with Crippen molar-refractivity contribution in [2.75, 3.05) is 33.4 Å². The zero-order chi connectivity index (χ0) is 15.8. The fraction of sp³-hybridized carbons (Fsp3) is 0.588. The molecule has 1 aromatic carbocycles. The second kappa shape index (κ2) is 10.5. The zero-order valence-corrected chi connectivity index (χ0v) is 14.7. The Bertz CT molecular complexity index is 493. The van der Waals surface area contributed by atoms with Crippen molar-refractivity contribution >= 4 is 18.3 Å². The lowest BCUT2D eigenvalue weighted by molar-refractivity contribution is -0.120. The summed E-state index contributed by atoms with van der Waals surface area (Å²) in [4.78, 5) is 11.8. The van der Waals surface area contributed by atoms with Gasteiger partial charge >= 0.3 is 0 Å². The van der Waals surface area contributed by atoms with E-state index in [1.54, 1.807) is 7.11 Å². The smallest absolute Gasteiger partial charge is 0.234 e. The van der Waals surface area contributed by atoms with Crippen molar-refractivity contribution < 1.29 is 14.3 Å². The molecule has 0 aromatic heterocycles. The van der Waals surface area contributed by atoms with Gasteiger partial charge in [-0.3, -0.25) is 4.79 Å². The van der Waals surface area contributed by atoms with Gasteiger partial charge in [0.05, 0.1) is 13.2 Å². The van der Waals surface area contributed by atoms with E-state index in [0.717, 1.165) is 29.3 Å². The molecule has 0 heterocycles. The van der Waals surface area contributed by atoms with Crippen LogP contribution in [-0.2, 0) is 16.1 Å². The van der Waals surface area contributed by atoms with E-state index in [0.29, 0.717) is 26.3 Å². The molecule has 1 aliphatic carbocycles. The third kappa shape index (κ3) is 7.68. The molecule has 2 rings (SSSR count). The SMILES string of the molecule is COCCOc1cc(C)ccc1CNC(=O)CNCC1CC1.Cl. The number of aryl methyl sites for hydroxylation is 1. The van der Waals surface area contributed by atoms with Gasteiger partial charge < -0.3 is 20.1 Å². The zero-order valence-electron chi connectivity index (χ0n) is 13.9. The summed E-state index contributed by atoms with van der Waals surface area (Å²) in [7, 11) is 1.65. The molecule has 1 fully saturated rings. The lowest BCUT2D eigenvalue weighted by Crippen LogP contribution is -2.34. The predicted octanol–water partition coefficient (Wildman–Crippen LogP) is 2.06. The van der Waals surface area contributed by atoms with Crippen LogP contribution < -0.4 is 15.4 Å². The molecule has 0 aliphatic heterocycles. The summed E-state index contributed by atoms with van der Waals surface area (Å²) in [5, 5.41) is 6.12. The second-order valence-corrected chi connectivity index (χ2v) is 5.80. The van der Waals surface area contributed by atoms with Gasteiger partial charge in [0.2, 0.25) is 5.91 Å². The maximum absolute atomic E-state index is 11.8. The van der Waals surface area contributed by atoms with Crippen molar-refractivity contribution in [3.8, 4) is 5.75 Å². The molecule has 6 heteroatoms. The lowest BCUT2D eigenvalue weighted by Gasteiger charge is -2.13. The highest BCUT2D eigenvalue weighted by atomic mass is 35.5. The molecule has 1 aliphatic rings. The molecule has 1 aromatic rings. The van der Waals surface area contributed by atoms with Crippen LogP contribution in [0.25, 0.3) is 0 Å². The van der Waals surface area contributed by atoms with Gasteiger partial charge in [-0.25, -0.2) is 0 Å². The average Bonchev–Trinajstić information content (AvgIpc) is 3.31. The molecule has 0 atom stereocenters. The van der Waals surface area contributed by atoms with E-state index in [1.807, 2.05) is 25.1 Å². The molecule has 0 saturated heterocycles. The first-order chi connectivity index (χ1) is 10.7.